The molecule has 1 N–H and O–H groups in total. The summed E-state index contributed by atoms with van der Waals surface area (Å²) in [7, 11) is 2.03. The van der Waals surface area contributed by atoms with Gasteiger partial charge in [0.05, 0.1) is 5.37 Å². The predicted octanol–water partition coefficient (Wildman–Crippen LogP) is 0.532. The van der Waals surface area contributed by atoms with E-state index in [1.54, 1.807) is 0 Å². The van der Waals surface area contributed by atoms with Gasteiger partial charge in [0.25, 0.3) is 0 Å². The first kappa shape index (κ1) is 11.9. The molecule has 0 aromatic rings. The molecule has 0 spiro atoms. The Balaban J connectivity index is 2.41. The number of hydrogen-bond donors (Lipinski definition) is 2. The predicted molar refractivity (Wildman–Crippen MR) is 61.2 cm³/mol. The Morgan fingerprint density at radius 3 is 3.00 bits per heavy atom. The van der Waals surface area contributed by atoms with Gasteiger partial charge in [-0.25, -0.2) is 0 Å². The van der Waals surface area contributed by atoms with Crippen LogP contribution in [0.4, 0.5) is 0 Å². The summed E-state index contributed by atoms with van der Waals surface area (Å²) in [5, 5.41) is 3.47. The van der Waals surface area contributed by atoms with E-state index >= 15 is 0 Å². The lowest BCUT2D eigenvalue weighted by molar-refractivity contribution is -0.0824. The Labute approximate surface area is 91.6 Å². The van der Waals surface area contributed by atoms with Crippen LogP contribution in [0.15, 0.2) is 0 Å². The Morgan fingerprint density at radius 2 is 2.50 bits per heavy atom. The fraction of sp³-hybridized carbons (Fsp3) is 0.800. The molecule has 2 unspecified atom stereocenters. The molecule has 1 fully saturated rings. The van der Waals surface area contributed by atoms with E-state index in [1.165, 1.54) is 0 Å². The van der Waals surface area contributed by atoms with E-state index in [-0.39, 0.29) is 17.7 Å². The zero-order valence-electron chi connectivity index (χ0n) is 8.73. The zero-order valence-corrected chi connectivity index (χ0v) is 9.63. The van der Waals surface area contributed by atoms with Crippen molar-refractivity contribution in [2.24, 2.45) is 0 Å². The lowest BCUT2D eigenvalue weighted by atomic mass is 10.3. The van der Waals surface area contributed by atoms with Crippen LogP contribution in [0.2, 0.25) is 0 Å². The Morgan fingerprint density at radius 1 is 1.79 bits per heavy atom. The number of ether oxygens (including phenoxy) is 1. The van der Waals surface area contributed by atoms with Crippen LogP contribution in [0.25, 0.3) is 0 Å². The molecule has 0 aromatic heterocycles. The van der Waals surface area contributed by atoms with Crippen molar-refractivity contribution in [2.45, 2.75) is 31.1 Å². The maximum atomic E-state index is 5.74. The molecule has 4 heteroatoms. The van der Waals surface area contributed by atoms with Gasteiger partial charge in [-0.2, -0.15) is 12.6 Å². The highest BCUT2D eigenvalue weighted by Gasteiger charge is 2.25. The summed E-state index contributed by atoms with van der Waals surface area (Å²) in [4.78, 5) is 2.13. The summed E-state index contributed by atoms with van der Waals surface area (Å²) in [6, 6.07) is 0. The Bertz CT molecular complexity index is 217. The molecule has 1 aliphatic rings. The molecule has 14 heavy (non-hydrogen) atoms. The standard InChI is InChI=1S/C10H18N2OS/c1-4-8(5-2)13-10-6-11-9(14)7-12(10)3/h1,8-11,14H,5-7H2,2-3H3/t8-,9?,10?/m1/s1. The topological polar surface area (TPSA) is 24.5 Å². The van der Waals surface area contributed by atoms with Crippen LogP contribution in [0.1, 0.15) is 13.3 Å². The Kier molecular flexibility index (Phi) is 4.76. The van der Waals surface area contributed by atoms with E-state index in [1.807, 2.05) is 14.0 Å². The molecular weight excluding hydrogens is 196 g/mol. The summed E-state index contributed by atoms with van der Waals surface area (Å²) in [6.45, 7) is 3.68. The van der Waals surface area contributed by atoms with Crippen LogP contribution in [0.5, 0.6) is 0 Å². The molecule has 0 radical (unpaired) electrons. The number of likely N-dealkylation sites (N-methyl/N-ethyl adjacent to an activating group) is 1. The average Bonchev–Trinajstić information content (AvgIpc) is 2.17. The molecule has 0 saturated carbocycles. The van der Waals surface area contributed by atoms with E-state index in [0.29, 0.717) is 0 Å². The van der Waals surface area contributed by atoms with Crippen molar-refractivity contribution in [3.8, 4) is 12.3 Å². The van der Waals surface area contributed by atoms with Crippen LogP contribution in [-0.2, 0) is 4.74 Å². The molecule has 3 nitrogen and oxygen atoms in total. The van der Waals surface area contributed by atoms with Crippen molar-refractivity contribution < 1.29 is 4.74 Å². The number of thiol groups is 1. The first-order chi connectivity index (χ1) is 6.67. The van der Waals surface area contributed by atoms with Crippen LogP contribution in [0.3, 0.4) is 0 Å². The number of terminal acetylenes is 1. The van der Waals surface area contributed by atoms with Crippen LogP contribution in [0, 0.1) is 12.3 Å². The highest BCUT2D eigenvalue weighted by Crippen LogP contribution is 2.11. The van der Waals surface area contributed by atoms with Gasteiger partial charge >= 0.3 is 0 Å². The van der Waals surface area contributed by atoms with Gasteiger partial charge in [-0.05, 0) is 13.5 Å². The van der Waals surface area contributed by atoms with Crippen molar-refractivity contribution in [3.63, 3.8) is 0 Å². The average molecular weight is 214 g/mol. The lowest BCUT2D eigenvalue weighted by Gasteiger charge is -2.36. The number of rotatable bonds is 3. The minimum Gasteiger partial charge on any atom is -0.346 e. The molecule has 0 amide bonds. The summed E-state index contributed by atoms with van der Waals surface area (Å²) >= 11 is 4.35. The summed E-state index contributed by atoms with van der Waals surface area (Å²) < 4.78 is 5.74. The molecule has 1 rings (SSSR count). The number of hydrogen-bond acceptors (Lipinski definition) is 4. The quantitative estimate of drug-likeness (QED) is 0.529. The molecule has 1 aliphatic heterocycles. The van der Waals surface area contributed by atoms with Crippen molar-refractivity contribution in [1.29, 1.82) is 0 Å². The largest absolute Gasteiger partial charge is 0.346 e. The van der Waals surface area contributed by atoms with Crippen LogP contribution >= 0.6 is 12.6 Å². The van der Waals surface area contributed by atoms with E-state index in [2.05, 4.69) is 28.8 Å². The van der Waals surface area contributed by atoms with Gasteiger partial charge in [0.1, 0.15) is 12.3 Å². The third kappa shape index (κ3) is 3.18. The molecule has 1 heterocycles. The van der Waals surface area contributed by atoms with E-state index in [0.717, 1.165) is 19.5 Å². The second-order valence-electron chi connectivity index (χ2n) is 3.52. The third-order valence-electron chi connectivity index (χ3n) is 2.36. The maximum absolute atomic E-state index is 5.74. The monoisotopic (exact) mass is 214 g/mol. The van der Waals surface area contributed by atoms with Crippen molar-refractivity contribution in [1.82, 2.24) is 10.2 Å². The smallest absolute Gasteiger partial charge is 0.124 e. The van der Waals surface area contributed by atoms with Gasteiger partial charge < -0.3 is 10.1 Å². The molecule has 0 bridgehead atoms. The molecular formula is C10H18N2OS. The van der Waals surface area contributed by atoms with Gasteiger partial charge in [0.15, 0.2) is 0 Å². The second-order valence-corrected chi connectivity index (χ2v) is 4.14. The molecule has 3 atom stereocenters. The van der Waals surface area contributed by atoms with Gasteiger partial charge in [-0.3, -0.25) is 4.90 Å². The van der Waals surface area contributed by atoms with Crippen molar-refractivity contribution in [3.05, 3.63) is 0 Å². The van der Waals surface area contributed by atoms with E-state index in [9.17, 15) is 0 Å². The van der Waals surface area contributed by atoms with E-state index < -0.39 is 0 Å². The number of piperazine rings is 1. The van der Waals surface area contributed by atoms with Crippen molar-refractivity contribution in [2.75, 3.05) is 20.1 Å². The fourth-order valence-electron chi connectivity index (χ4n) is 1.44. The van der Waals surface area contributed by atoms with Gasteiger partial charge in [-0.15, -0.1) is 6.42 Å². The third-order valence-corrected chi connectivity index (χ3v) is 2.70. The van der Waals surface area contributed by atoms with E-state index in [4.69, 9.17) is 11.2 Å². The lowest BCUT2D eigenvalue weighted by Crippen LogP contribution is -2.54. The molecule has 80 valence electrons. The van der Waals surface area contributed by atoms with Crippen LogP contribution < -0.4 is 5.32 Å². The molecule has 1 saturated heterocycles. The van der Waals surface area contributed by atoms with Gasteiger partial charge in [0, 0.05) is 13.1 Å². The zero-order chi connectivity index (χ0) is 10.6. The normalized spacial score (nSPS) is 31.0. The van der Waals surface area contributed by atoms with Crippen LogP contribution in [-0.4, -0.2) is 42.7 Å². The fourth-order valence-corrected chi connectivity index (χ4v) is 1.81. The summed E-state index contributed by atoms with van der Waals surface area (Å²) in [6.07, 6.45) is 6.18. The Hall–Kier alpha value is -0.210. The molecule has 0 aromatic carbocycles. The summed E-state index contributed by atoms with van der Waals surface area (Å²) in [5.74, 6) is 2.64. The van der Waals surface area contributed by atoms with Crippen molar-refractivity contribution >= 4 is 12.6 Å². The number of nitrogens with one attached hydrogen (secondary N) is 1. The first-order valence-corrected chi connectivity index (χ1v) is 5.42. The first-order valence-electron chi connectivity index (χ1n) is 4.90. The number of nitrogens with zero attached hydrogens (tertiary/aromatic N) is 1. The minimum atomic E-state index is -0.0827. The molecule has 0 aliphatic carbocycles. The van der Waals surface area contributed by atoms with Gasteiger partial charge in [0.2, 0.25) is 0 Å². The summed E-state index contributed by atoms with van der Waals surface area (Å²) in [5.41, 5.74) is 0. The highest BCUT2D eigenvalue weighted by molar-refractivity contribution is 7.80. The second kappa shape index (κ2) is 5.62. The highest BCUT2D eigenvalue weighted by atomic mass is 32.1. The minimum absolute atomic E-state index is 0.0689. The maximum Gasteiger partial charge on any atom is 0.124 e. The SMILES string of the molecule is C#C[C@H](CC)OC1CNC(S)CN1C. The van der Waals surface area contributed by atoms with Gasteiger partial charge in [-0.1, -0.05) is 12.8 Å².